The number of nitrogens with zero attached hydrogens (tertiary/aromatic N) is 2. The van der Waals surface area contributed by atoms with Crippen molar-refractivity contribution in [1.82, 2.24) is 4.98 Å². The Balaban J connectivity index is 1.25. The Kier molecular flexibility index (Phi) is 5.73. The molecule has 1 aliphatic rings. The number of rotatable bonds is 6. The van der Waals surface area contributed by atoms with Gasteiger partial charge < -0.3 is 5.32 Å². The molecular formula is C26H18FN3O3S. The highest BCUT2D eigenvalue weighted by Crippen LogP contribution is 2.29. The molecule has 4 aromatic rings. The minimum absolute atomic E-state index is 0.0805. The van der Waals surface area contributed by atoms with Crippen molar-refractivity contribution in [3.63, 3.8) is 0 Å². The number of hydrogen-bond acceptors (Lipinski definition) is 5. The van der Waals surface area contributed by atoms with Gasteiger partial charge >= 0.3 is 0 Å². The van der Waals surface area contributed by atoms with E-state index in [9.17, 15) is 18.8 Å². The lowest BCUT2D eigenvalue weighted by molar-refractivity contribution is -0.115. The fourth-order valence-electron chi connectivity index (χ4n) is 3.80. The summed E-state index contributed by atoms with van der Waals surface area (Å²) in [5.74, 6) is -1.33. The molecule has 0 saturated carbocycles. The van der Waals surface area contributed by atoms with Gasteiger partial charge in [0.1, 0.15) is 5.82 Å². The van der Waals surface area contributed by atoms with E-state index in [0.29, 0.717) is 34.6 Å². The molecule has 0 radical (unpaired) electrons. The molecule has 0 spiro atoms. The summed E-state index contributed by atoms with van der Waals surface area (Å²) in [5.41, 5.74) is 3.16. The summed E-state index contributed by atoms with van der Waals surface area (Å²) in [6.07, 6.45) is 0.645. The fraction of sp³-hybridized carbons (Fsp3) is 0.0769. The molecule has 1 aliphatic heterocycles. The van der Waals surface area contributed by atoms with Crippen LogP contribution in [0.5, 0.6) is 0 Å². The van der Waals surface area contributed by atoms with Gasteiger partial charge in [0.05, 0.1) is 33.9 Å². The van der Waals surface area contributed by atoms with Crippen LogP contribution in [0.3, 0.4) is 0 Å². The Morgan fingerprint density at radius 2 is 1.65 bits per heavy atom. The lowest BCUT2D eigenvalue weighted by Gasteiger charge is -2.15. The molecule has 0 aliphatic carbocycles. The number of carbonyl (C=O) groups is 3. The zero-order chi connectivity index (χ0) is 23.7. The SMILES string of the molecule is O=C(Cc1csc(Cc2ccc(F)cc2)n1)Nc1cccc(N2C(=O)c3ccccc3C2=O)c1. The second kappa shape index (κ2) is 8.99. The minimum Gasteiger partial charge on any atom is -0.326 e. The van der Waals surface area contributed by atoms with Crippen LogP contribution in [0, 0.1) is 5.82 Å². The summed E-state index contributed by atoms with van der Waals surface area (Å²) in [6, 6.07) is 19.6. The maximum absolute atomic E-state index is 13.1. The number of carbonyl (C=O) groups excluding carboxylic acids is 3. The van der Waals surface area contributed by atoms with Crippen LogP contribution < -0.4 is 10.2 Å². The number of amides is 3. The molecule has 0 atom stereocenters. The number of hydrogen-bond donors (Lipinski definition) is 1. The van der Waals surface area contributed by atoms with E-state index >= 15 is 0 Å². The number of aromatic nitrogens is 1. The number of benzene rings is 3. The van der Waals surface area contributed by atoms with Gasteiger partial charge in [-0.25, -0.2) is 14.3 Å². The van der Waals surface area contributed by atoms with Gasteiger partial charge in [-0.15, -0.1) is 11.3 Å². The van der Waals surface area contributed by atoms with Gasteiger partial charge in [0, 0.05) is 17.5 Å². The molecule has 0 fully saturated rings. The molecule has 6 nitrogen and oxygen atoms in total. The first-order chi connectivity index (χ1) is 16.5. The topological polar surface area (TPSA) is 79.4 Å². The van der Waals surface area contributed by atoms with Crippen molar-refractivity contribution < 1.29 is 18.8 Å². The zero-order valence-corrected chi connectivity index (χ0v) is 18.6. The molecule has 3 aromatic carbocycles. The van der Waals surface area contributed by atoms with Crippen molar-refractivity contribution in [2.75, 3.05) is 10.2 Å². The maximum Gasteiger partial charge on any atom is 0.266 e. The normalized spacial score (nSPS) is 12.7. The number of halogens is 1. The van der Waals surface area contributed by atoms with Crippen LogP contribution in [0.1, 0.15) is 37.0 Å². The van der Waals surface area contributed by atoms with Crippen LogP contribution >= 0.6 is 11.3 Å². The summed E-state index contributed by atoms with van der Waals surface area (Å²) in [6.45, 7) is 0. The van der Waals surface area contributed by atoms with E-state index in [4.69, 9.17) is 0 Å². The summed E-state index contributed by atoms with van der Waals surface area (Å²) >= 11 is 1.44. The molecule has 2 heterocycles. The number of nitrogens with one attached hydrogen (secondary N) is 1. The largest absolute Gasteiger partial charge is 0.326 e. The highest BCUT2D eigenvalue weighted by atomic mass is 32.1. The summed E-state index contributed by atoms with van der Waals surface area (Å²) in [4.78, 5) is 43.7. The predicted octanol–water partition coefficient (Wildman–Crippen LogP) is 4.85. The molecule has 34 heavy (non-hydrogen) atoms. The third-order valence-corrected chi connectivity index (χ3v) is 6.29. The maximum atomic E-state index is 13.1. The molecule has 0 bridgehead atoms. The second-order valence-electron chi connectivity index (χ2n) is 7.80. The average Bonchev–Trinajstić information content (AvgIpc) is 3.37. The van der Waals surface area contributed by atoms with Gasteiger partial charge in [-0.2, -0.15) is 0 Å². The first kappa shape index (κ1) is 21.7. The second-order valence-corrected chi connectivity index (χ2v) is 8.75. The Bertz CT molecular complexity index is 1380. The highest BCUT2D eigenvalue weighted by molar-refractivity contribution is 7.09. The number of thiazole rings is 1. The molecular weight excluding hydrogens is 453 g/mol. The molecule has 0 unspecified atom stereocenters. The van der Waals surface area contributed by atoms with Gasteiger partial charge in [-0.05, 0) is 48.0 Å². The van der Waals surface area contributed by atoms with Crippen LogP contribution in [0.4, 0.5) is 15.8 Å². The lowest BCUT2D eigenvalue weighted by Crippen LogP contribution is -2.29. The van der Waals surface area contributed by atoms with Crippen LogP contribution in [0.2, 0.25) is 0 Å². The van der Waals surface area contributed by atoms with E-state index in [2.05, 4.69) is 10.3 Å². The van der Waals surface area contributed by atoms with Gasteiger partial charge in [0.25, 0.3) is 11.8 Å². The first-order valence-corrected chi connectivity index (χ1v) is 11.4. The van der Waals surface area contributed by atoms with Crippen molar-refractivity contribution in [1.29, 1.82) is 0 Å². The van der Waals surface area contributed by atoms with Crippen molar-refractivity contribution in [3.8, 4) is 0 Å². The third kappa shape index (κ3) is 4.35. The molecule has 168 valence electrons. The Morgan fingerprint density at radius 3 is 2.35 bits per heavy atom. The minimum atomic E-state index is -0.389. The highest BCUT2D eigenvalue weighted by Gasteiger charge is 2.36. The third-order valence-electron chi connectivity index (χ3n) is 5.39. The van der Waals surface area contributed by atoms with Gasteiger partial charge in [0.2, 0.25) is 5.91 Å². The fourth-order valence-corrected chi connectivity index (χ4v) is 4.63. The van der Waals surface area contributed by atoms with E-state index in [1.165, 1.54) is 23.5 Å². The first-order valence-electron chi connectivity index (χ1n) is 10.5. The van der Waals surface area contributed by atoms with E-state index in [1.54, 1.807) is 60.7 Å². The molecule has 0 saturated heterocycles. The van der Waals surface area contributed by atoms with Crippen LogP contribution in [0.15, 0.2) is 78.2 Å². The Hall–Kier alpha value is -4.17. The van der Waals surface area contributed by atoms with Crippen LogP contribution in [-0.2, 0) is 17.6 Å². The molecule has 3 amide bonds. The molecule has 1 aromatic heterocycles. The van der Waals surface area contributed by atoms with Crippen molar-refractivity contribution in [3.05, 3.63) is 111 Å². The van der Waals surface area contributed by atoms with E-state index < -0.39 is 0 Å². The summed E-state index contributed by atoms with van der Waals surface area (Å²) < 4.78 is 13.1. The van der Waals surface area contributed by atoms with Crippen molar-refractivity contribution >= 4 is 40.4 Å². The van der Waals surface area contributed by atoms with Crippen molar-refractivity contribution in [2.45, 2.75) is 12.8 Å². The summed E-state index contributed by atoms with van der Waals surface area (Å²) in [5, 5.41) is 5.47. The zero-order valence-electron chi connectivity index (χ0n) is 17.8. The Labute approximate surface area is 198 Å². The molecule has 8 heteroatoms. The van der Waals surface area contributed by atoms with Crippen LogP contribution in [0.25, 0.3) is 0 Å². The lowest BCUT2D eigenvalue weighted by atomic mass is 10.1. The monoisotopic (exact) mass is 471 g/mol. The van der Waals surface area contributed by atoms with E-state index in [1.807, 2.05) is 5.38 Å². The average molecular weight is 472 g/mol. The smallest absolute Gasteiger partial charge is 0.266 e. The van der Waals surface area contributed by atoms with Gasteiger partial charge in [0.15, 0.2) is 0 Å². The number of imide groups is 1. The van der Waals surface area contributed by atoms with E-state index in [-0.39, 0.29) is 30.0 Å². The number of fused-ring (bicyclic) bond motifs is 1. The van der Waals surface area contributed by atoms with Crippen LogP contribution in [-0.4, -0.2) is 22.7 Å². The molecule has 5 rings (SSSR count). The van der Waals surface area contributed by atoms with Gasteiger partial charge in [-0.1, -0.05) is 30.3 Å². The van der Waals surface area contributed by atoms with Gasteiger partial charge in [-0.3, -0.25) is 14.4 Å². The van der Waals surface area contributed by atoms with Crippen molar-refractivity contribution in [2.24, 2.45) is 0 Å². The number of anilines is 2. The predicted molar refractivity (Wildman–Crippen MR) is 128 cm³/mol. The Morgan fingerprint density at radius 1 is 0.941 bits per heavy atom. The summed E-state index contributed by atoms with van der Waals surface area (Å²) in [7, 11) is 0. The quantitative estimate of drug-likeness (QED) is 0.408. The molecule has 1 N–H and O–H groups in total. The van der Waals surface area contributed by atoms with E-state index in [0.717, 1.165) is 15.5 Å². The standard InChI is InChI=1S/C26H18FN3O3S/c27-17-10-8-16(9-11-17)12-24-29-19(15-34-24)14-23(31)28-18-4-3-5-20(13-18)30-25(32)21-6-1-2-7-22(21)26(30)33/h1-11,13,15H,12,14H2,(H,28,31).